The van der Waals surface area contributed by atoms with Crippen molar-refractivity contribution in [2.75, 3.05) is 7.11 Å². The van der Waals surface area contributed by atoms with E-state index in [-0.39, 0.29) is 11.6 Å². The van der Waals surface area contributed by atoms with Crippen molar-refractivity contribution in [3.05, 3.63) is 58.0 Å². The van der Waals surface area contributed by atoms with E-state index < -0.39 is 0 Å². The Morgan fingerprint density at radius 1 is 1.23 bits per heavy atom. The van der Waals surface area contributed by atoms with Crippen molar-refractivity contribution >= 4 is 28.2 Å². The van der Waals surface area contributed by atoms with Crippen LogP contribution in [0.4, 0.5) is 5.69 Å². The number of fused-ring (bicyclic) bond motifs is 1. The van der Waals surface area contributed by atoms with Gasteiger partial charge in [0.05, 0.1) is 19.2 Å². The second kappa shape index (κ2) is 5.69. The van der Waals surface area contributed by atoms with E-state index in [2.05, 4.69) is 5.18 Å². The molecule has 1 heterocycles. The summed E-state index contributed by atoms with van der Waals surface area (Å²) >= 11 is 5.95. The van der Waals surface area contributed by atoms with Crippen molar-refractivity contribution in [1.29, 1.82) is 0 Å². The summed E-state index contributed by atoms with van der Waals surface area (Å²) in [7, 11) is 1.60. The Hall–Kier alpha value is -2.53. The van der Waals surface area contributed by atoms with E-state index in [1.807, 2.05) is 24.3 Å². The molecule has 0 bridgehead atoms. The number of halogens is 1. The zero-order chi connectivity index (χ0) is 15.7. The van der Waals surface area contributed by atoms with E-state index in [9.17, 15) is 10.0 Å². The number of ether oxygens (including phenoxy) is 1. The number of aromatic nitrogens is 1. The molecule has 0 aliphatic rings. The Morgan fingerprint density at radius 2 is 1.95 bits per heavy atom. The van der Waals surface area contributed by atoms with Crippen LogP contribution in [0.5, 0.6) is 11.6 Å². The lowest BCUT2D eigenvalue weighted by Gasteiger charge is -2.08. The Bertz CT molecular complexity index is 841. The zero-order valence-electron chi connectivity index (χ0n) is 11.8. The van der Waals surface area contributed by atoms with E-state index in [0.29, 0.717) is 22.5 Å². The molecule has 112 valence electrons. The monoisotopic (exact) mass is 316 g/mol. The van der Waals surface area contributed by atoms with Crippen LogP contribution in [0.3, 0.4) is 0 Å². The van der Waals surface area contributed by atoms with Gasteiger partial charge >= 0.3 is 0 Å². The van der Waals surface area contributed by atoms with Gasteiger partial charge in [-0.1, -0.05) is 23.7 Å². The predicted molar refractivity (Wildman–Crippen MR) is 86.2 cm³/mol. The first-order valence-corrected chi connectivity index (χ1v) is 6.99. The molecule has 0 radical (unpaired) electrons. The molecule has 5 nitrogen and oxygen atoms in total. The lowest BCUT2D eigenvalue weighted by molar-refractivity contribution is 0.414. The lowest BCUT2D eigenvalue weighted by atomic mass is 10.2. The summed E-state index contributed by atoms with van der Waals surface area (Å²) in [4.78, 5) is 11.0. The molecule has 1 aromatic heterocycles. The summed E-state index contributed by atoms with van der Waals surface area (Å²) in [6.07, 6.45) is 0. The summed E-state index contributed by atoms with van der Waals surface area (Å²) in [6.45, 7) is 0.406. The number of hydrogen-bond acceptors (Lipinski definition) is 4. The van der Waals surface area contributed by atoms with Crippen molar-refractivity contribution in [3.63, 3.8) is 0 Å². The predicted octanol–water partition coefficient (Wildman–Crippen LogP) is 4.46. The quantitative estimate of drug-likeness (QED) is 0.723. The molecule has 3 aromatic rings. The third kappa shape index (κ3) is 2.40. The summed E-state index contributed by atoms with van der Waals surface area (Å²) in [5, 5.41) is 14.2. The first-order valence-electron chi connectivity index (χ1n) is 6.61. The summed E-state index contributed by atoms with van der Waals surface area (Å²) in [5.41, 5.74) is 1.67. The highest BCUT2D eigenvalue weighted by Gasteiger charge is 2.18. The van der Waals surface area contributed by atoms with E-state index in [1.165, 1.54) is 0 Å². The molecule has 0 amide bonds. The fourth-order valence-electron chi connectivity index (χ4n) is 2.46. The first-order chi connectivity index (χ1) is 10.6. The minimum atomic E-state index is -0.164. The van der Waals surface area contributed by atoms with Gasteiger partial charge in [0.1, 0.15) is 5.75 Å². The molecule has 0 fully saturated rings. The van der Waals surface area contributed by atoms with Gasteiger partial charge in [-0.05, 0) is 41.1 Å². The highest BCUT2D eigenvalue weighted by molar-refractivity contribution is 6.31. The summed E-state index contributed by atoms with van der Waals surface area (Å²) in [5.74, 6) is 0.593. The molecular formula is C16H13ClN2O3. The zero-order valence-corrected chi connectivity index (χ0v) is 12.5. The van der Waals surface area contributed by atoms with Gasteiger partial charge in [0, 0.05) is 10.4 Å². The molecule has 0 aliphatic heterocycles. The number of methoxy groups -OCH3 is 1. The van der Waals surface area contributed by atoms with E-state index in [1.54, 1.807) is 29.9 Å². The molecule has 2 aromatic carbocycles. The minimum absolute atomic E-state index is 0.00557. The van der Waals surface area contributed by atoms with Crippen LogP contribution < -0.4 is 4.74 Å². The molecule has 0 saturated heterocycles. The second-order valence-electron chi connectivity index (χ2n) is 4.86. The molecule has 0 unspecified atom stereocenters. The standard InChI is InChI=1S/C16H13ClN2O3/c1-22-12-5-2-10(3-6-12)9-19-14-7-4-11(17)8-13(14)15(18-21)16(19)20/h2-8,20H,9H2,1H3. The fraction of sp³-hybridized carbons (Fsp3) is 0.125. The normalized spacial score (nSPS) is 10.8. The average Bonchev–Trinajstić information content (AvgIpc) is 2.79. The van der Waals surface area contributed by atoms with Gasteiger partial charge in [-0.3, -0.25) is 0 Å². The van der Waals surface area contributed by atoms with Crippen LogP contribution in [0.2, 0.25) is 5.02 Å². The van der Waals surface area contributed by atoms with Crippen molar-refractivity contribution in [2.24, 2.45) is 5.18 Å². The van der Waals surface area contributed by atoms with Crippen molar-refractivity contribution in [3.8, 4) is 11.6 Å². The third-order valence-corrected chi connectivity index (χ3v) is 3.80. The summed E-state index contributed by atoms with van der Waals surface area (Å²) < 4.78 is 6.75. The molecule has 3 rings (SSSR count). The molecule has 22 heavy (non-hydrogen) atoms. The number of hydrogen-bond donors (Lipinski definition) is 1. The average molecular weight is 317 g/mol. The Kier molecular flexibility index (Phi) is 3.73. The van der Waals surface area contributed by atoms with Crippen LogP contribution in [-0.4, -0.2) is 16.8 Å². The van der Waals surface area contributed by atoms with E-state index in [0.717, 1.165) is 11.3 Å². The van der Waals surface area contributed by atoms with Gasteiger partial charge in [-0.25, -0.2) is 0 Å². The highest BCUT2D eigenvalue weighted by atomic mass is 35.5. The van der Waals surface area contributed by atoms with Gasteiger partial charge in [0.15, 0.2) is 5.69 Å². The van der Waals surface area contributed by atoms with Gasteiger partial charge in [0.25, 0.3) is 0 Å². The van der Waals surface area contributed by atoms with Crippen LogP contribution in [0.1, 0.15) is 5.56 Å². The SMILES string of the molecule is COc1ccc(Cn2c(O)c(N=O)c3cc(Cl)ccc32)cc1. The topological polar surface area (TPSA) is 63.8 Å². The van der Waals surface area contributed by atoms with Gasteiger partial charge in [0.2, 0.25) is 5.88 Å². The van der Waals surface area contributed by atoms with Crippen LogP contribution in [-0.2, 0) is 6.54 Å². The molecule has 6 heteroatoms. The number of nitrogens with zero attached hydrogens (tertiary/aromatic N) is 2. The maximum absolute atomic E-state index is 11.0. The van der Waals surface area contributed by atoms with Crippen molar-refractivity contribution < 1.29 is 9.84 Å². The molecular weight excluding hydrogens is 304 g/mol. The number of benzene rings is 2. The van der Waals surface area contributed by atoms with E-state index in [4.69, 9.17) is 16.3 Å². The minimum Gasteiger partial charge on any atom is -0.497 e. The highest BCUT2D eigenvalue weighted by Crippen LogP contribution is 2.40. The van der Waals surface area contributed by atoms with Crippen LogP contribution in [0.25, 0.3) is 10.9 Å². The number of nitroso groups, excluding NO2 is 1. The lowest BCUT2D eigenvalue weighted by Crippen LogP contribution is -1.98. The molecule has 0 atom stereocenters. The maximum atomic E-state index is 11.0. The van der Waals surface area contributed by atoms with Crippen LogP contribution in [0.15, 0.2) is 47.6 Å². The number of aromatic hydroxyl groups is 1. The third-order valence-electron chi connectivity index (χ3n) is 3.56. The second-order valence-corrected chi connectivity index (χ2v) is 5.30. The largest absolute Gasteiger partial charge is 0.497 e. The molecule has 0 aliphatic carbocycles. The number of rotatable bonds is 4. The molecule has 0 spiro atoms. The first kappa shape index (κ1) is 14.4. The maximum Gasteiger partial charge on any atom is 0.222 e. The molecule has 1 N–H and O–H groups in total. The van der Waals surface area contributed by atoms with Crippen molar-refractivity contribution in [1.82, 2.24) is 4.57 Å². The van der Waals surface area contributed by atoms with Gasteiger partial charge in [-0.15, -0.1) is 4.91 Å². The Balaban J connectivity index is 2.09. The molecule has 0 saturated carbocycles. The van der Waals surface area contributed by atoms with Crippen LogP contribution in [0, 0.1) is 4.91 Å². The van der Waals surface area contributed by atoms with Gasteiger partial charge < -0.3 is 14.4 Å². The van der Waals surface area contributed by atoms with Crippen LogP contribution >= 0.6 is 11.6 Å². The van der Waals surface area contributed by atoms with Gasteiger partial charge in [-0.2, -0.15) is 0 Å². The smallest absolute Gasteiger partial charge is 0.222 e. The van der Waals surface area contributed by atoms with E-state index >= 15 is 0 Å². The Labute approximate surface area is 131 Å². The summed E-state index contributed by atoms with van der Waals surface area (Å²) in [6, 6.07) is 12.6. The fourth-order valence-corrected chi connectivity index (χ4v) is 2.63. The van der Waals surface area contributed by atoms with Crippen molar-refractivity contribution in [2.45, 2.75) is 6.54 Å². The Morgan fingerprint density at radius 3 is 2.59 bits per heavy atom.